The molecule has 0 bridgehead atoms. The number of hydrogen-bond acceptors (Lipinski definition) is 3. The molecule has 26 heavy (non-hydrogen) atoms. The molecule has 2 aliphatic rings. The summed E-state index contributed by atoms with van der Waals surface area (Å²) < 4.78 is 26.4. The van der Waals surface area contributed by atoms with Crippen molar-refractivity contribution in [2.75, 3.05) is 0 Å². The van der Waals surface area contributed by atoms with Crippen molar-refractivity contribution in [2.24, 2.45) is 11.8 Å². The highest BCUT2D eigenvalue weighted by Crippen LogP contribution is 2.52. The van der Waals surface area contributed by atoms with Crippen molar-refractivity contribution < 1.29 is 13.6 Å². The van der Waals surface area contributed by atoms with Crippen molar-refractivity contribution in [3.8, 4) is 0 Å². The van der Waals surface area contributed by atoms with E-state index in [2.05, 4.69) is 13.8 Å². The fourth-order valence-electron chi connectivity index (χ4n) is 4.57. The van der Waals surface area contributed by atoms with Crippen LogP contribution in [-0.2, 0) is 13.6 Å². The summed E-state index contributed by atoms with van der Waals surface area (Å²) in [5.74, 6) is 0.990. The SMILES string of the molecule is CC(OP(=O)(OC(C)C1CCCCC1)c1ccccc1)C1CCCCC1. The Labute approximate surface area is 159 Å². The van der Waals surface area contributed by atoms with Crippen LogP contribution in [-0.4, -0.2) is 12.2 Å². The van der Waals surface area contributed by atoms with E-state index >= 15 is 0 Å². The van der Waals surface area contributed by atoms with Gasteiger partial charge in [0.2, 0.25) is 0 Å². The van der Waals surface area contributed by atoms with E-state index in [1.165, 1.54) is 64.2 Å². The molecule has 4 heteroatoms. The lowest BCUT2D eigenvalue weighted by Crippen LogP contribution is -2.28. The molecule has 0 saturated heterocycles. The van der Waals surface area contributed by atoms with E-state index in [1.807, 2.05) is 30.3 Å². The number of benzene rings is 1. The Morgan fingerprint density at radius 3 is 1.62 bits per heavy atom. The summed E-state index contributed by atoms with van der Waals surface area (Å²) in [6, 6.07) is 9.57. The molecule has 0 N–H and O–H groups in total. The maximum Gasteiger partial charge on any atom is 0.361 e. The molecule has 2 atom stereocenters. The van der Waals surface area contributed by atoms with Crippen LogP contribution in [0.15, 0.2) is 30.3 Å². The van der Waals surface area contributed by atoms with Crippen molar-refractivity contribution in [3.63, 3.8) is 0 Å². The Bertz CT molecular complexity index is 546. The fourth-order valence-corrected chi connectivity index (χ4v) is 6.62. The third kappa shape index (κ3) is 5.21. The van der Waals surface area contributed by atoms with Gasteiger partial charge in [0, 0.05) is 0 Å². The summed E-state index contributed by atoms with van der Waals surface area (Å²) in [5, 5.41) is 0.699. The van der Waals surface area contributed by atoms with Crippen LogP contribution in [0.2, 0.25) is 0 Å². The van der Waals surface area contributed by atoms with E-state index in [0.717, 1.165) is 0 Å². The molecular weight excluding hydrogens is 343 g/mol. The predicted octanol–water partition coefficient (Wildman–Crippen LogP) is 6.48. The van der Waals surface area contributed by atoms with E-state index < -0.39 is 7.60 Å². The molecule has 0 aromatic heterocycles. The van der Waals surface area contributed by atoms with Gasteiger partial charge in [-0.15, -0.1) is 0 Å². The van der Waals surface area contributed by atoms with Crippen LogP contribution in [0.5, 0.6) is 0 Å². The first-order valence-electron chi connectivity index (χ1n) is 10.6. The molecule has 0 radical (unpaired) electrons. The molecule has 2 saturated carbocycles. The molecule has 2 aliphatic carbocycles. The molecule has 0 spiro atoms. The lowest BCUT2D eigenvalue weighted by Gasteiger charge is -2.34. The highest BCUT2D eigenvalue weighted by Gasteiger charge is 2.36. The average molecular weight is 378 g/mol. The first-order chi connectivity index (χ1) is 12.6. The maximum absolute atomic E-state index is 13.9. The van der Waals surface area contributed by atoms with Crippen LogP contribution in [0.25, 0.3) is 0 Å². The van der Waals surface area contributed by atoms with Crippen molar-refractivity contribution in [2.45, 2.75) is 90.3 Å². The summed E-state index contributed by atoms with van der Waals surface area (Å²) in [5.41, 5.74) is 0. The normalized spacial score (nSPS) is 24.7. The standard InChI is InChI=1S/C22H35O3P/c1-18(20-12-6-3-7-13-20)24-26(23,22-16-10-5-11-17-22)25-19(2)21-14-8-4-9-15-21/h5,10-11,16-21H,3-4,6-9,12-15H2,1-2H3. The fraction of sp³-hybridized carbons (Fsp3) is 0.727. The monoisotopic (exact) mass is 378 g/mol. The Balaban J connectivity index is 1.74. The van der Waals surface area contributed by atoms with E-state index in [4.69, 9.17) is 9.05 Å². The Kier molecular flexibility index (Phi) is 7.37. The summed E-state index contributed by atoms with van der Waals surface area (Å²) in [6.07, 6.45) is 12.3. The molecule has 1 aromatic carbocycles. The smallest absolute Gasteiger partial charge is 0.302 e. The van der Waals surface area contributed by atoms with Crippen LogP contribution in [0.1, 0.15) is 78.1 Å². The molecule has 2 fully saturated rings. The lowest BCUT2D eigenvalue weighted by atomic mass is 9.86. The zero-order valence-electron chi connectivity index (χ0n) is 16.4. The second-order valence-corrected chi connectivity index (χ2v) is 10.2. The minimum atomic E-state index is -3.32. The summed E-state index contributed by atoms with van der Waals surface area (Å²) in [6.45, 7) is 4.17. The van der Waals surface area contributed by atoms with Gasteiger partial charge < -0.3 is 9.05 Å². The van der Waals surface area contributed by atoms with Crippen molar-refractivity contribution in [1.29, 1.82) is 0 Å². The van der Waals surface area contributed by atoms with Crippen LogP contribution in [0.4, 0.5) is 0 Å². The Morgan fingerprint density at radius 1 is 0.769 bits per heavy atom. The second-order valence-electron chi connectivity index (χ2n) is 8.25. The third-order valence-electron chi connectivity index (χ3n) is 6.31. The zero-order chi connectivity index (χ0) is 18.4. The van der Waals surface area contributed by atoms with Gasteiger partial charge in [-0.2, -0.15) is 0 Å². The average Bonchev–Trinajstić information content (AvgIpc) is 2.70. The second kappa shape index (κ2) is 9.53. The molecular formula is C22H35O3P. The third-order valence-corrected chi connectivity index (χ3v) is 8.46. The van der Waals surface area contributed by atoms with Crippen LogP contribution >= 0.6 is 7.60 Å². The maximum atomic E-state index is 13.9. The molecule has 3 rings (SSSR count). The van der Waals surface area contributed by atoms with Crippen LogP contribution < -0.4 is 5.30 Å². The zero-order valence-corrected chi connectivity index (χ0v) is 17.3. The predicted molar refractivity (Wildman–Crippen MR) is 108 cm³/mol. The minimum absolute atomic E-state index is 0.0279. The molecule has 3 nitrogen and oxygen atoms in total. The molecule has 2 unspecified atom stereocenters. The highest BCUT2D eigenvalue weighted by atomic mass is 31.2. The molecule has 146 valence electrons. The number of rotatable bonds is 7. The van der Waals surface area contributed by atoms with Crippen LogP contribution in [0.3, 0.4) is 0 Å². The highest BCUT2D eigenvalue weighted by molar-refractivity contribution is 7.62. The number of hydrogen-bond donors (Lipinski definition) is 0. The molecule has 1 aromatic rings. The van der Waals surface area contributed by atoms with E-state index in [1.54, 1.807) is 0 Å². The summed E-state index contributed by atoms with van der Waals surface area (Å²) >= 11 is 0. The van der Waals surface area contributed by atoms with Gasteiger partial charge in [0.25, 0.3) is 0 Å². The largest absolute Gasteiger partial charge is 0.361 e. The van der Waals surface area contributed by atoms with Gasteiger partial charge in [-0.1, -0.05) is 56.7 Å². The Hall–Kier alpha value is -0.630. The van der Waals surface area contributed by atoms with Crippen molar-refractivity contribution in [3.05, 3.63) is 30.3 Å². The van der Waals surface area contributed by atoms with E-state index in [0.29, 0.717) is 17.1 Å². The van der Waals surface area contributed by atoms with Gasteiger partial charge in [-0.05, 0) is 63.5 Å². The van der Waals surface area contributed by atoms with E-state index in [-0.39, 0.29) is 12.2 Å². The van der Waals surface area contributed by atoms with Gasteiger partial charge in [0.05, 0.1) is 17.5 Å². The lowest BCUT2D eigenvalue weighted by molar-refractivity contribution is 0.0629. The van der Waals surface area contributed by atoms with Gasteiger partial charge >= 0.3 is 7.60 Å². The quantitative estimate of drug-likeness (QED) is 0.510. The first-order valence-corrected chi connectivity index (χ1v) is 12.2. The van der Waals surface area contributed by atoms with Crippen molar-refractivity contribution in [1.82, 2.24) is 0 Å². The van der Waals surface area contributed by atoms with Gasteiger partial charge in [-0.25, -0.2) is 0 Å². The summed E-state index contributed by atoms with van der Waals surface area (Å²) in [7, 11) is -3.32. The van der Waals surface area contributed by atoms with Gasteiger partial charge in [-0.3, -0.25) is 4.57 Å². The van der Waals surface area contributed by atoms with Gasteiger partial charge in [0.15, 0.2) is 0 Å². The Morgan fingerprint density at radius 2 is 1.19 bits per heavy atom. The van der Waals surface area contributed by atoms with Crippen molar-refractivity contribution >= 4 is 12.9 Å². The van der Waals surface area contributed by atoms with Gasteiger partial charge in [0.1, 0.15) is 0 Å². The van der Waals surface area contributed by atoms with E-state index in [9.17, 15) is 4.57 Å². The van der Waals surface area contributed by atoms with Crippen LogP contribution in [0, 0.1) is 11.8 Å². The topological polar surface area (TPSA) is 35.5 Å². The molecule has 0 aliphatic heterocycles. The summed E-state index contributed by atoms with van der Waals surface area (Å²) in [4.78, 5) is 0. The first kappa shape index (κ1) is 20.1. The molecule has 0 amide bonds. The minimum Gasteiger partial charge on any atom is -0.302 e. The molecule has 0 heterocycles.